The average molecular weight is 317 g/mol. The molecule has 1 saturated heterocycles. The number of nitrogens with zero attached hydrogens (tertiary/aromatic N) is 1. The third-order valence-electron chi connectivity index (χ3n) is 4.35. The van der Waals surface area contributed by atoms with Crippen LogP contribution in [0.2, 0.25) is 0 Å². The monoisotopic (exact) mass is 317 g/mol. The van der Waals surface area contributed by atoms with E-state index in [9.17, 15) is 14.4 Å². The van der Waals surface area contributed by atoms with E-state index in [4.69, 9.17) is 5.73 Å². The molecule has 124 valence electrons. The summed E-state index contributed by atoms with van der Waals surface area (Å²) in [5.41, 5.74) is 6.62. The second kappa shape index (κ2) is 7.37. The van der Waals surface area contributed by atoms with E-state index in [0.29, 0.717) is 37.2 Å². The van der Waals surface area contributed by atoms with E-state index in [0.717, 1.165) is 0 Å². The number of primary amides is 1. The van der Waals surface area contributed by atoms with E-state index in [1.165, 1.54) is 6.92 Å². The molecule has 0 bridgehead atoms. The lowest BCUT2D eigenvalue weighted by Crippen LogP contribution is -2.46. The highest BCUT2D eigenvalue weighted by atomic mass is 16.2. The molecule has 0 aromatic heterocycles. The number of piperidine rings is 1. The number of amides is 2. The van der Waals surface area contributed by atoms with Crippen LogP contribution in [0.25, 0.3) is 0 Å². The Morgan fingerprint density at radius 2 is 1.74 bits per heavy atom. The smallest absolute Gasteiger partial charge is 0.221 e. The van der Waals surface area contributed by atoms with Crippen molar-refractivity contribution >= 4 is 23.3 Å². The van der Waals surface area contributed by atoms with Crippen molar-refractivity contribution in [2.75, 3.05) is 18.4 Å². The second-order valence-corrected chi connectivity index (χ2v) is 6.01. The van der Waals surface area contributed by atoms with Crippen molar-refractivity contribution in [3.63, 3.8) is 0 Å². The fraction of sp³-hybridized carbons (Fsp3) is 0.471. The molecule has 1 heterocycles. The number of ketones is 1. The minimum atomic E-state index is -0.253. The molecule has 23 heavy (non-hydrogen) atoms. The molecule has 1 aliphatic heterocycles. The maximum absolute atomic E-state index is 12.6. The van der Waals surface area contributed by atoms with Crippen LogP contribution in [0.5, 0.6) is 0 Å². The van der Waals surface area contributed by atoms with Gasteiger partial charge < -0.3 is 11.1 Å². The lowest BCUT2D eigenvalue weighted by atomic mass is 9.94. The SMILES string of the molecule is CC(=O)Nc1ccc(C(=O)[C@@H](C)N2CCC(C(N)=O)CC2)cc1. The third-order valence-corrected chi connectivity index (χ3v) is 4.35. The average Bonchev–Trinajstić information content (AvgIpc) is 2.53. The fourth-order valence-electron chi connectivity index (χ4n) is 2.90. The van der Waals surface area contributed by atoms with Gasteiger partial charge in [-0.1, -0.05) is 0 Å². The van der Waals surface area contributed by atoms with Crippen molar-refractivity contribution < 1.29 is 14.4 Å². The van der Waals surface area contributed by atoms with Gasteiger partial charge in [-0.3, -0.25) is 19.3 Å². The Bertz CT molecular complexity index is 590. The zero-order valence-corrected chi connectivity index (χ0v) is 13.5. The molecule has 1 aromatic rings. The Labute approximate surface area is 136 Å². The van der Waals surface area contributed by atoms with Gasteiger partial charge in [0.1, 0.15) is 0 Å². The van der Waals surface area contributed by atoms with E-state index in [1.54, 1.807) is 24.3 Å². The summed E-state index contributed by atoms with van der Waals surface area (Å²) >= 11 is 0. The van der Waals surface area contributed by atoms with Gasteiger partial charge in [-0.25, -0.2) is 0 Å². The van der Waals surface area contributed by atoms with Crippen LogP contribution in [-0.2, 0) is 9.59 Å². The fourth-order valence-corrected chi connectivity index (χ4v) is 2.90. The topological polar surface area (TPSA) is 92.5 Å². The number of carbonyl (C=O) groups is 3. The van der Waals surface area contributed by atoms with Crippen LogP contribution in [0.1, 0.15) is 37.0 Å². The van der Waals surface area contributed by atoms with Gasteiger partial charge in [0.25, 0.3) is 0 Å². The van der Waals surface area contributed by atoms with Crippen LogP contribution in [0.3, 0.4) is 0 Å². The number of Topliss-reactive ketones (excluding diaryl/α,β-unsaturated/α-hetero) is 1. The minimum absolute atomic E-state index is 0.0388. The Morgan fingerprint density at radius 3 is 2.22 bits per heavy atom. The first-order valence-corrected chi connectivity index (χ1v) is 7.83. The van der Waals surface area contributed by atoms with Crippen LogP contribution in [0.4, 0.5) is 5.69 Å². The first-order chi connectivity index (χ1) is 10.9. The van der Waals surface area contributed by atoms with Crippen molar-refractivity contribution in [3.8, 4) is 0 Å². The number of nitrogens with one attached hydrogen (secondary N) is 1. The zero-order chi connectivity index (χ0) is 17.0. The van der Waals surface area contributed by atoms with Crippen LogP contribution in [0.15, 0.2) is 24.3 Å². The van der Waals surface area contributed by atoms with E-state index in [-0.39, 0.29) is 29.6 Å². The largest absolute Gasteiger partial charge is 0.369 e. The van der Waals surface area contributed by atoms with Crippen molar-refractivity contribution in [1.82, 2.24) is 4.90 Å². The van der Waals surface area contributed by atoms with E-state index in [1.807, 2.05) is 6.92 Å². The molecule has 6 nitrogen and oxygen atoms in total. The molecule has 1 aromatic carbocycles. The number of nitrogens with two attached hydrogens (primary N) is 1. The zero-order valence-electron chi connectivity index (χ0n) is 13.5. The lowest BCUT2D eigenvalue weighted by Gasteiger charge is -2.34. The molecular formula is C17H23N3O3. The normalized spacial score (nSPS) is 17.5. The van der Waals surface area contributed by atoms with Gasteiger partial charge >= 0.3 is 0 Å². The summed E-state index contributed by atoms with van der Waals surface area (Å²) in [6.07, 6.45) is 1.41. The van der Waals surface area contributed by atoms with Crippen molar-refractivity contribution in [3.05, 3.63) is 29.8 Å². The van der Waals surface area contributed by atoms with Crippen LogP contribution in [0, 0.1) is 5.92 Å². The molecule has 1 fully saturated rings. The number of hydrogen-bond donors (Lipinski definition) is 2. The highest BCUT2D eigenvalue weighted by Crippen LogP contribution is 2.20. The second-order valence-electron chi connectivity index (χ2n) is 6.01. The van der Waals surface area contributed by atoms with E-state index >= 15 is 0 Å². The summed E-state index contributed by atoms with van der Waals surface area (Å²) in [6.45, 7) is 4.72. The predicted molar refractivity (Wildman–Crippen MR) is 88.0 cm³/mol. The Hall–Kier alpha value is -2.21. The number of anilines is 1. The van der Waals surface area contributed by atoms with Gasteiger partial charge in [0.05, 0.1) is 6.04 Å². The van der Waals surface area contributed by atoms with Gasteiger partial charge in [-0.2, -0.15) is 0 Å². The van der Waals surface area contributed by atoms with Crippen LogP contribution < -0.4 is 11.1 Å². The molecule has 0 radical (unpaired) electrons. The molecule has 1 atom stereocenters. The maximum Gasteiger partial charge on any atom is 0.221 e. The number of likely N-dealkylation sites (tertiary alicyclic amines) is 1. The number of rotatable bonds is 5. The standard InChI is InChI=1S/C17H23N3O3/c1-11(20-9-7-14(8-10-20)17(18)23)16(22)13-3-5-15(6-4-13)19-12(2)21/h3-6,11,14H,7-10H2,1-2H3,(H2,18,23)(H,19,21)/t11-/m1/s1. The summed E-state index contributed by atoms with van der Waals surface area (Å²) in [4.78, 5) is 36.9. The van der Waals surface area contributed by atoms with Gasteiger partial charge in [-0.15, -0.1) is 0 Å². The Balaban J connectivity index is 1.97. The van der Waals surface area contributed by atoms with Crippen molar-refractivity contribution in [2.24, 2.45) is 11.7 Å². The summed E-state index contributed by atoms with van der Waals surface area (Å²) < 4.78 is 0. The predicted octanol–water partition coefficient (Wildman–Crippen LogP) is 1.41. The summed E-state index contributed by atoms with van der Waals surface area (Å²) in [5, 5.41) is 2.67. The molecule has 2 amide bonds. The molecule has 1 aliphatic rings. The molecule has 6 heteroatoms. The molecule has 0 aliphatic carbocycles. The highest BCUT2D eigenvalue weighted by Gasteiger charge is 2.29. The summed E-state index contributed by atoms with van der Waals surface area (Å²) in [5.74, 6) is -0.436. The van der Waals surface area contributed by atoms with Crippen molar-refractivity contribution in [1.29, 1.82) is 0 Å². The highest BCUT2D eigenvalue weighted by molar-refractivity contribution is 6.00. The van der Waals surface area contributed by atoms with Crippen LogP contribution >= 0.6 is 0 Å². The first kappa shape index (κ1) is 17.1. The number of benzene rings is 1. The molecule has 0 spiro atoms. The molecular weight excluding hydrogens is 294 g/mol. The van der Waals surface area contributed by atoms with Gasteiger partial charge in [0.15, 0.2) is 5.78 Å². The quantitative estimate of drug-likeness (QED) is 0.803. The maximum atomic E-state index is 12.6. The number of hydrogen-bond acceptors (Lipinski definition) is 4. The summed E-state index contributed by atoms with van der Waals surface area (Å²) in [6, 6.07) is 6.65. The van der Waals surface area contributed by atoms with E-state index < -0.39 is 0 Å². The molecule has 3 N–H and O–H groups in total. The van der Waals surface area contributed by atoms with E-state index in [2.05, 4.69) is 10.2 Å². The number of carbonyl (C=O) groups excluding carboxylic acids is 3. The Kier molecular flexibility index (Phi) is 5.50. The first-order valence-electron chi connectivity index (χ1n) is 7.83. The Morgan fingerprint density at radius 1 is 1.17 bits per heavy atom. The van der Waals surface area contributed by atoms with Crippen molar-refractivity contribution in [2.45, 2.75) is 32.7 Å². The molecule has 0 saturated carbocycles. The van der Waals surface area contributed by atoms with Gasteiger partial charge in [0, 0.05) is 24.1 Å². The third kappa shape index (κ3) is 4.39. The van der Waals surface area contributed by atoms with Crippen LogP contribution in [-0.4, -0.2) is 41.6 Å². The summed E-state index contributed by atoms with van der Waals surface area (Å²) in [7, 11) is 0. The van der Waals surface area contributed by atoms with Gasteiger partial charge in [0.2, 0.25) is 11.8 Å². The minimum Gasteiger partial charge on any atom is -0.369 e. The molecule has 0 unspecified atom stereocenters. The van der Waals surface area contributed by atoms with Gasteiger partial charge in [-0.05, 0) is 57.1 Å². The lowest BCUT2D eigenvalue weighted by molar-refractivity contribution is -0.123. The molecule has 2 rings (SSSR count).